The van der Waals surface area contributed by atoms with Crippen LogP contribution in [0.4, 0.5) is 11.4 Å². The summed E-state index contributed by atoms with van der Waals surface area (Å²) in [6.07, 6.45) is 1.11. The van der Waals surface area contributed by atoms with Crippen molar-refractivity contribution in [3.63, 3.8) is 0 Å². The van der Waals surface area contributed by atoms with Crippen molar-refractivity contribution < 1.29 is 13.2 Å². The van der Waals surface area contributed by atoms with Crippen LogP contribution in [-0.2, 0) is 14.8 Å². The smallest absolute Gasteiger partial charge is 0.245 e. The quantitative estimate of drug-likeness (QED) is 0.889. The van der Waals surface area contributed by atoms with Crippen molar-refractivity contribution in [1.29, 1.82) is 0 Å². The van der Waals surface area contributed by atoms with Gasteiger partial charge >= 0.3 is 0 Å². The highest BCUT2D eigenvalue weighted by molar-refractivity contribution is 7.92. The Bertz CT molecular complexity index is 885. The van der Waals surface area contributed by atoms with Crippen LogP contribution < -0.4 is 9.62 Å². The maximum Gasteiger partial charge on any atom is 0.245 e. The lowest BCUT2D eigenvalue weighted by atomic mass is 10.1. The van der Waals surface area contributed by atoms with E-state index in [1.807, 2.05) is 58.0 Å². The third kappa shape index (κ3) is 4.60. The molecule has 0 saturated heterocycles. The number of hydrogen-bond donors (Lipinski definition) is 1. The van der Waals surface area contributed by atoms with E-state index < -0.39 is 10.0 Å². The van der Waals surface area contributed by atoms with Crippen LogP contribution in [0, 0.1) is 27.7 Å². The molecular weight excluding hydrogens is 336 g/mol. The summed E-state index contributed by atoms with van der Waals surface area (Å²) >= 11 is 0. The Morgan fingerprint density at radius 3 is 2.12 bits per heavy atom. The molecule has 5 nitrogen and oxygen atoms in total. The average molecular weight is 360 g/mol. The van der Waals surface area contributed by atoms with Crippen molar-refractivity contribution in [2.75, 3.05) is 22.4 Å². The standard InChI is InChI=1S/C19H24N2O3S/c1-13-9-10-17(16(4)11-13)21(25(5,23)24)12-18(22)20-19-14(2)7-6-8-15(19)3/h6-11H,12H2,1-5H3,(H,20,22). The van der Waals surface area contributed by atoms with Crippen LogP contribution in [0.2, 0.25) is 0 Å². The molecule has 0 unspecified atom stereocenters. The molecule has 0 bridgehead atoms. The van der Waals surface area contributed by atoms with Gasteiger partial charge in [-0.3, -0.25) is 9.10 Å². The maximum atomic E-state index is 12.5. The van der Waals surface area contributed by atoms with Crippen LogP contribution in [0.15, 0.2) is 36.4 Å². The highest BCUT2D eigenvalue weighted by Gasteiger charge is 2.22. The number of para-hydroxylation sites is 1. The molecule has 2 aromatic rings. The second-order valence-electron chi connectivity index (χ2n) is 6.37. The summed E-state index contributed by atoms with van der Waals surface area (Å²) in [6.45, 7) is 7.32. The van der Waals surface area contributed by atoms with Crippen LogP contribution >= 0.6 is 0 Å². The lowest BCUT2D eigenvalue weighted by Crippen LogP contribution is -2.38. The normalized spacial score (nSPS) is 11.2. The van der Waals surface area contributed by atoms with Crippen molar-refractivity contribution in [1.82, 2.24) is 0 Å². The molecule has 0 aliphatic carbocycles. The highest BCUT2D eigenvalue weighted by Crippen LogP contribution is 2.24. The SMILES string of the molecule is Cc1ccc(N(CC(=O)Nc2c(C)cccc2C)S(C)(=O)=O)c(C)c1. The van der Waals surface area contributed by atoms with Gasteiger partial charge in [0.2, 0.25) is 15.9 Å². The predicted molar refractivity (Wildman–Crippen MR) is 103 cm³/mol. The first-order valence-electron chi connectivity index (χ1n) is 8.00. The zero-order valence-corrected chi connectivity index (χ0v) is 16.1. The molecule has 2 aromatic carbocycles. The Morgan fingerprint density at radius 2 is 1.60 bits per heavy atom. The van der Waals surface area contributed by atoms with Crippen molar-refractivity contribution in [3.05, 3.63) is 58.7 Å². The van der Waals surface area contributed by atoms with E-state index in [1.165, 1.54) is 0 Å². The van der Waals surface area contributed by atoms with Crippen molar-refractivity contribution in [2.45, 2.75) is 27.7 Å². The average Bonchev–Trinajstić information content (AvgIpc) is 2.48. The summed E-state index contributed by atoms with van der Waals surface area (Å²) in [7, 11) is -3.59. The van der Waals surface area contributed by atoms with Crippen LogP contribution in [-0.4, -0.2) is 27.1 Å². The minimum absolute atomic E-state index is 0.267. The van der Waals surface area contributed by atoms with Gasteiger partial charge in [0, 0.05) is 5.69 Å². The summed E-state index contributed by atoms with van der Waals surface area (Å²) in [5.41, 5.74) is 4.96. The minimum atomic E-state index is -3.59. The van der Waals surface area contributed by atoms with E-state index >= 15 is 0 Å². The molecule has 1 amide bonds. The van der Waals surface area contributed by atoms with E-state index in [9.17, 15) is 13.2 Å². The molecule has 134 valence electrons. The molecule has 0 fully saturated rings. The number of nitrogens with zero attached hydrogens (tertiary/aromatic N) is 1. The van der Waals surface area contributed by atoms with E-state index in [1.54, 1.807) is 6.07 Å². The Morgan fingerprint density at radius 1 is 1.00 bits per heavy atom. The van der Waals surface area contributed by atoms with Crippen molar-refractivity contribution in [2.24, 2.45) is 0 Å². The number of rotatable bonds is 5. The number of aryl methyl sites for hydroxylation is 4. The van der Waals surface area contributed by atoms with Gasteiger partial charge in [-0.1, -0.05) is 35.9 Å². The highest BCUT2D eigenvalue weighted by atomic mass is 32.2. The van der Waals surface area contributed by atoms with Gasteiger partial charge in [0.1, 0.15) is 6.54 Å². The van der Waals surface area contributed by atoms with E-state index in [2.05, 4.69) is 5.32 Å². The summed E-state index contributed by atoms with van der Waals surface area (Å²) in [6, 6.07) is 11.2. The summed E-state index contributed by atoms with van der Waals surface area (Å²) in [4.78, 5) is 12.5. The Balaban J connectivity index is 2.30. The number of carbonyl (C=O) groups excluding carboxylic acids is 1. The zero-order chi connectivity index (χ0) is 18.8. The predicted octanol–water partition coefficient (Wildman–Crippen LogP) is 3.32. The first-order valence-corrected chi connectivity index (χ1v) is 9.85. The third-order valence-electron chi connectivity index (χ3n) is 4.05. The van der Waals surface area contributed by atoms with Gasteiger partial charge in [-0.05, 0) is 50.5 Å². The molecule has 0 aliphatic rings. The first-order chi connectivity index (χ1) is 11.6. The lowest BCUT2D eigenvalue weighted by molar-refractivity contribution is -0.114. The van der Waals surface area contributed by atoms with E-state index in [0.717, 1.165) is 38.5 Å². The number of carbonyl (C=O) groups is 1. The number of amides is 1. The molecule has 0 heterocycles. The molecule has 0 spiro atoms. The molecule has 0 atom stereocenters. The van der Waals surface area contributed by atoms with E-state index in [0.29, 0.717) is 5.69 Å². The summed E-state index contributed by atoms with van der Waals surface area (Å²) < 4.78 is 25.6. The molecule has 0 aliphatic heterocycles. The Kier molecular flexibility index (Phi) is 5.52. The Hall–Kier alpha value is -2.34. The molecule has 0 radical (unpaired) electrons. The number of sulfonamides is 1. The summed E-state index contributed by atoms with van der Waals surface area (Å²) in [5, 5.41) is 2.84. The van der Waals surface area contributed by atoms with Gasteiger partial charge in [0.15, 0.2) is 0 Å². The van der Waals surface area contributed by atoms with Gasteiger partial charge in [-0.15, -0.1) is 0 Å². The maximum absolute atomic E-state index is 12.5. The molecular formula is C19H24N2O3S. The van der Waals surface area contributed by atoms with E-state index in [-0.39, 0.29) is 12.5 Å². The summed E-state index contributed by atoms with van der Waals surface area (Å²) in [5.74, 6) is -0.372. The molecule has 25 heavy (non-hydrogen) atoms. The molecule has 6 heteroatoms. The minimum Gasteiger partial charge on any atom is -0.324 e. The fraction of sp³-hybridized carbons (Fsp3) is 0.316. The number of hydrogen-bond acceptors (Lipinski definition) is 3. The third-order valence-corrected chi connectivity index (χ3v) is 5.18. The van der Waals surface area contributed by atoms with Crippen LogP contribution in [0.1, 0.15) is 22.3 Å². The number of anilines is 2. The van der Waals surface area contributed by atoms with Gasteiger partial charge in [-0.25, -0.2) is 8.42 Å². The van der Waals surface area contributed by atoms with Crippen LogP contribution in [0.3, 0.4) is 0 Å². The topological polar surface area (TPSA) is 66.5 Å². The van der Waals surface area contributed by atoms with E-state index in [4.69, 9.17) is 0 Å². The second kappa shape index (κ2) is 7.27. The van der Waals surface area contributed by atoms with Gasteiger partial charge < -0.3 is 5.32 Å². The Labute approximate surface area is 149 Å². The zero-order valence-electron chi connectivity index (χ0n) is 15.3. The van der Waals surface area contributed by atoms with Crippen LogP contribution in [0.25, 0.3) is 0 Å². The number of benzene rings is 2. The fourth-order valence-corrected chi connectivity index (χ4v) is 3.70. The largest absolute Gasteiger partial charge is 0.324 e. The molecule has 1 N–H and O–H groups in total. The lowest BCUT2D eigenvalue weighted by Gasteiger charge is -2.24. The van der Waals surface area contributed by atoms with Gasteiger partial charge in [-0.2, -0.15) is 0 Å². The fourth-order valence-electron chi connectivity index (χ4n) is 2.79. The van der Waals surface area contributed by atoms with Crippen molar-refractivity contribution in [3.8, 4) is 0 Å². The van der Waals surface area contributed by atoms with Gasteiger partial charge in [0.25, 0.3) is 0 Å². The monoisotopic (exact) mass is 360 g/mol. The molecule has 0 saturated carbocycles. The molecule has 2 rings (SSSR count). The number of nitrogens with one attached hydrogen (secondary N) is 1. The molecule has 0 aromatic heterocycles. The van der Waals surface area contributed by atoms with Crippen LogP contribution in [0.5, 0.6) is 0 Å². The van der Waals surface area contributed by atoms with Crippen molar-refractivity contribution >= 4 is 27.3 Å². The van der Waals surface area contributed by atoms with Gasteiger partial charge in [0.05, 0.1) is 11.9 Å². The first kappa shape index (κ1) is 19.0. The second-order valence-corrected chi connectivity index (χ2v) is 8.28.